The van der Waals surface area contributed by atoms with Crippen LogP contribution in [0.5, 0.6) is 0 Å². The van der Waals surface area contributed by atoms with Crippen molar-refractivity contribution < 1.29 is 1.43 Å². The van der Waals surface area contributed by atoms with Gasteiger partial charge in [0, 0.05) is 13.7 Å². The Morgan fingerprint density at radius 3 is 2.36 bits per heavy atom. The fourth-order valence-electron chi connectivity index (χ4n) is 1.51. The van der Waals surface area contributed by atoms with Gasteiger partial charge in [0.05, 0.1) is 0 Å². The Hall–Kier alpha value is -0.980. The van der Waals surface area contributed by atoms with Crippen LogP contribution in [0.25, 0.3) is 0 Å². The van der Waals surface area contributed by atoms with E-state index < -0.39 is 0 Å². The quantitative estimate of drug-likeness (QED) is 0.746. The van der Waals surface area contributed by atoms with Crippen molar-refractivity contribution in [3.63, 3.8) is 0 Å². The van der Waals surface area contributed by atoms with Crippen LogP contribution in [0.15, 0.2) is 24.3 Å². The first-order valence-electron chi connectivity index (χ1n) is 5.59. The number of nitrogens with one attached hydrogen (secondary N) is 1. The van der Waals surface area contributed by atoms with E-state index in [0.717, 1.165) is 12.5 Å². The predicted molar refractivity (Wildman–Crippen MR) is 65.9 cm³/mol. The first kappa shape index (κ1) is 11.1. The van der Waals surface area contributed by atoms with Crippen molar-refractivity contribution in [2.45, 2.75) is 33.6 Å². The molecule has 1 rings (SSSR count). The molecule has 0 saturated carbocycles. The first-order valence-corrected chi connectivity index (χ1v) is 5.59. The van der Waals surface area contributed by atoms with Gasteiger partial charge >= 0.3 is 0 Å². The molecule has 0 heterocycles. The third kappa shape index (κ3) is 3.41. The Bertz CT molecular complexity index is 256. The molecule has 1 atom stereocenters. The van der Waals surface area contributed by atoms with Crippen LogP contribution in [0.3, 0.4) is 0 Å². The van der Waals surface area contributed by atoms with Crippen molar-refractivity contribution in [3.8, 4) is 0 Å². The largest absolute Gasteiger partial charge is 0.385 e. The van der Waals surface area contributed by atoms with Crippen molar-refractivity contribution in [1.82, 2.24) is 0 Å². The summed E-state index contributed by atoms with van der Waals surface area (Å²) in [5.41, 5.74) is 2.67. The predicted octanol–water partition coefficient (Wildman–Crippen LogP) is 3.95. The van der Waals surface area contributed by atoms with Crippen molar-refractivity contribution in [3.05, 3.63) is 29.8 Å². The molecule has 0 aliphatic rings. The summed E-state index contributed by atoms with van der Waals surface area (Å²) in [6.45, 7) is 7.66. The topological polar surface area (TPSA) is 12.0 Å². The molecule has 0 aliphatic heterocycles. The fourth-order valence-corrected chi connectivity index (χ4v) is 1.51. The van der Waals surface area contributed by atoms with Gasteiger partial charge in [-0.05, 0) is 37.0 Å². The molecule has 0 spiro atoms. The van der Waals surface area contributed by atoms with Crippen LogP contribution in [0.1, 0.15) is 34.2 Å². The van der Waals surface area contributed by atoms with Crippen LogP contribution in [0, 0.1) is 5.92 Å². The van der Waals surface area contributed by atoms with Crippen LogP contribution < -0.4 is 5.32 Å². The average Bonchev–Trinajstić information content (AvgIpc) is 2.21. The molecule has 0 saturated heterocycles. The highest BCUT2D eigenvalue weighted by atomic mass is 14.8. The van der Waals surface area contributed by atoms with Crippen molar-refractivity contribution in [1.29, 1.82) is 0 Å². The van der Waals surface area contributed by atoms with E-state index in [4.69, 9.17) is 0 Å². The van der Waals surface area contributed by atoms with E-state index in [1.54, 1.807) is 0 Å². The molecule has 1 aromatic carbocycles. The summed E-state index contributed by atoms with van der Waals surface area (Å²) < 4.78 is 0. The maximum atomic E-state index is 3.30. The van der Waals surface area contributed by atoms with Gasteiger partial charge in [-0.3, -0.25) is 0 Å². The van der Waals surface area contributed by atoms with Gasteiger partial charge in [0.15, 0.2) is 0 Å². The second-order valence-corrected chi connectivity index (χ2v) is 3.94. The van der Waals surface area contributed by atoms with E-state index in [0.29, 0.717) is 0 Å². The number of rotatable bonds is 5. The van der Waals surface area contributed by atoms with E-state index in [2.05, 4.69) is 50.4 Å². The maximum absolute atomic E-state index is 3.30. The third-order valence-electron chi connectivity index (χ3n) is 2.62. The molecule has 1 heteroatoms. The van der Waals surface area contributed by atoms with Gasteiger partial charge in [-0.25, -0.2) is 0 Å². The van der Waals surface area contributed by atoms with Gasteiger partial charge < -0.3 is 5.32 Å². The lowest BCUT2D eigenvalue weighted by molar-refractivity contribution is 0.560. The molecule has 1 unspecified atom stereocenters. The molecule has 0 radical (unpaired) electrons. The standard InChI is InChI=1S/C13H21N.H2/c1-4-11(3)10-12-6-8-13(9-7-12)14-5-2;/h6-9,11,14H,4-5,10H2,1-3H3;1H. The molecule has 1 N–H and O–H groups in total. The fraction of sp³-hybridized carbons (Fsp3) is 0.538. The van der Waals surface area contributed by atoms with Crippen LogP contribution >= 0.6 is 0 Å². The molecule has 14 heavy (non-hydrogen) atoms. The van der Waals surface area contributed by atoms with E-state index in [-0.39, 0.29) is 1.43 Å². The summed E-state index contributed by atoms with van der Waals surface area (Å²) in [4.78, 5) is 0. The van der Waals surface area contributed by atoms with E-state index in [9.17, 15) is 0 Å². The molecular formula is C13H23N. The Morgan fingerprint density at radius 1 is 1.21 bits per heavy atom. The van der Waals surface area contributed by atoms with E-state index in [1.165, 1.54) is 24.1 Å². The van der Waals surface area contributed by atoms with Crippen molar-refractivity contribution in [2.75, 3.05) is 11.9 Å². The number of hydrogen-bond donors (Lipinski definition) is 1. The highest BCUT2D eigenvalue weighted by Gasteiger charge is 2.00. The smallest absolute Gasteiger partial charge is 0.0340 e. The highest BCUT2D eigenvalue weighted by molar-refractivity contribution is 5.44. The first-order chi connectivity index (χ1) is 6.76. The van der Waals surface area contributed by atoms with Gasteiger partial charge in [-0.2, -0.15) is 0 Å². The lowest BCUT2D eigenvalue weighted by Gasteiger charge is -2.09. The molecule has 1 aromatic rings. The third-order valence-corrected chi connectivity index (χ3v) is 2.62. The molecule has 1 nitrogen and oxygen atoms in total. The molecule has 80 valence electrons. The summed E-state index contributed by atoms with van der Waals surface area (Å²) in [6, 6.07) is 8.79. The highest BCUT2D eigenvalue weighted by Crippen LogP contribution is 2.14. The summed E-state index contributed by atoms with van der Waals surface area (Å²) in [5.74, 6) is 0.792. The molecule has 0 bridgehead atoms. The molecular weight excluding hydrogens is 170 g/mol. The maximum Gasteiger partial charge on any atom is 0.0340 e. The lowest BCUT2D eigenvalue weighted by atomic mass is 9.99. The van der Waals surface area contributed by atoms with Crippen molar-refractivity contribution >= 4 is 5.69 Å². The van der Waals surface area contributed by atoms with Crippen LogP contribution in [0.2, 0.25) is 0 Å². The lowest BCUT2D eigenvalue weighted by Crippen LogP contribution is -1.99. The molecule has 0 aliphatic carbocycles. The molecule has 0 fully saturated rings. The van der Waals surface area contributed by atoms with Crippen molar-refractivity contribution in [2.24, 2.45) is 5.92 Å². The number of benzene rings is 1. The molecule has 0 amide bonds. The SMILES string of the molecule is CCNc1ccc(CC(C)CC)cc1.[HH]. The minimum absolute atomic E-state index is 0. The minimum Gasteiger partial charge on any atom is -0.385 e. The monoisotopic (exact) mass is 193 g/mol. The second-order valence-electron chi connectivity index (χ2n) is 3.94. The zero-order valence-corrected chi connectivity index (χ0v) is 9.51. The second kappa shape index (κ2) is 5.69. The number of anilines is 1. The van der Waals surface area contributed by atoms with Gasteiger partial charge in [0.1, 0.15) is 0 Å². The normalized spacial score (nSPS) is 12.5. The Morgan fingerprint density at radius 2 is 1.86 bits per heavy atom. The zero-order valence-electron chi connectivity index (χ0n) is 9.51. The Kier molecular flexibility index (Phi) is 4.51. The number of hydrogen-bond acceptors (Lipinski definition) is 1. The van der Waals surface area contributed by atoms with E-state index >= 15 is 0 Å². The van der Waals surface area contributed by atoms with Gasteiger partial charge in [-0.1, -0.05) is 32.4 Å². The van der Waals surface area contributed by atoms with Crippen LogP contribution in [-0.2, 0) is 6.42 Å². The summed E-state index contributed by atoms with van der Waals surface area (Å²) in [6.07, 6.45) is 2.46. The zero-order chi connectivity index (χ0) is 10.4. The summed E-state index contributed by atoms with van der Waals surface area (Å²) >= 11 is 0. The summed E-state index contributed by atoms with van der Waals surface area (Å²) in [5, 5.41) is 3.30. The van der Waals surface area contributed by atoms with Gasteiger partial charge in [-0.15, -0.1) is 0 Å². The van der Waals surface area contributed by atoms with Crippen LogP contribution in [-0.4, -0.2) is 6.54 Å². The van der Waals surface area contributed by atoms with Crippen LogP contribution in [0.4, 0.5) is 5.69 Å². The Balaban J connectivity index is 0.00000196. The molecule has 0 aromatic heterocycles. The Labute approximate surface area is 89.0 Å². The average molecular weight is 193 g/mol. The van der Waals surface area contributed by atoms with Gasteiger partial charge in [0.25, 0.3) is 0 Å². The van der Waals surface area contributed by atoms with Gasteiger partial charge in [0.2, 0.25) is 0 Å². The summed E-state index contributed by atoms with van der Waals surface area (Å²) in [7, 11) is 0. The van der Waals surface area contributed by atoms with E-state index in [1.807, 2.05) is 0 Å². The minimum atomic E-state index is 0.